The summed E-state index contributed by atoms with van der Waals surface area (Å²) in [6.07, 6.45) is 1.34. The van der Waals surface area contributed by atoms with Gasteiger partial charge in [0, 0.05) is 12.1 Å². The van der Waals surface area contributed by atoms with E-state index in [0.29, 0.717) is 10.6 Å². The molecule has 0 fully saturated rings. The molecule has 0 unspecified atom stereocenters. The zero-order chi connectivity index (χ0) is 15.5. The first kappa shape index (κ1) is 15.4. The van der Waals surface area contributed by atoms with Gasteiger partial charge in [0.25, 0.3) is 10.0 Å². The maximum Gasteiger partial charge on any atom is 0.251 e. The predicted octanol–water partition coefficient (Wildman–Crippen LogP) is 1.02. The molecule has 4 N–H and O–H groups in total. The average molecular weight is 326 g/mol. The van der Waals surface area contributed by atoms with E-state index in [9.17, 15) is 8.42 Å². The van der Waals surface area contributed by atoms with Crippen LogP contribution in [0.4, 0.5) is 0 Å². The summed E-state index contributed by atoms with van der Waals surface area (Å²) in [5, 5.41) is 12.1. The molecule has 2 rings (SSSR count). The van der Waals surface area contributed by atoms with Gasteiger partial charge in [-0.1, -0.05) is 29.4 Å². The maximum atomic E-state index is 12.0. The molecule has 112 valence electrons. The van der Waals surface area contributed by atoms with Gasteiger partial charge in [-0.3, -0.25) is 0 Å². The van der Waals surface area contributed by atoms with E-state index in [1.807, 2.05) is 0 Å². The normalized spacial score (nSPS) is 12.5. The first-order valence-corrected chi connectivity index (χ1v) is 8.21. The lowest BCUT2D eigenvalue weighted by Crippen LogP contribution is -2.22. The van der Waals surface area contributed by atoms with Crippen LogP contribution in [0.5, 0.6) is 0 Å². The van der Waals surface area contributed by atoms with Crippen molar-refractivity contribution in [3.05, 3.63) is 46.6 Å². The largest absolute Gasteiger partial charge is 0.409 e. The fourth-order valence-electron chi connectivity index (χ4n) is 1.57. The monoisotopic (exact) mass is 326 g/mol. The third kappa shape index (κ3) is 3.78. The Hall–Kier alpha value is -1.97. The molecule has 0 aliphatic carbocycles. The first-order chi connectivity index (χ1) is 9.92. The number of oxime groups is 1. The van der Waals surface area contributed by atoms with Crippen LogP contribution in [-0.2, 0) is 16.6 Å². The smallest absolute Gasteiger partial charge is 0.251 e. The molecule has 0 saturated heterocycles. The van der Waals surface area contributed by atoms with Gasteiger partial charge in [-0.15, -0.1) is 11.3 Å². The minimum Gasteiger partial charge on any atom is -0.409 e. The minimum absolute atomic E-state index is 0.00210. The van der Waals surface area contributed by atoms with Crippen molar-refractivity contribution in [2.24, 2.45) is 10.9 Å². The number of aromatic nitrogens is 1. The van der Waals surface area contributed by atoms with Gasteiger partial charge in [0.1, 0.15) is 0 Å². The van der Waals surface area contributed by atoms with E-state index in [-0.39, 0.29) is 16.6 Å². The zero-order valence-corrected chi connectivity index (χ0v) is 12.8. The lowest BCUT2D eigenvalue weighted by molar-refractivity contribution is 0.318. The van der Waals surface area contributed by atoms with Crippen LogP contribution in [0.25, 0.3) is 0 Å². The van der Waals surface area contributed by atoms with Crippen LogP contribution < -0.4 is 10.5 Å². The number of benzene rings is 1. The van der Waals surface area contributed by atoms with Gasteiger partial charge < -0.3 is 10.9 Å². The Kier molecular flexibility index (Phi) is 4.56. The molecular formula is C12H14N4O3S2. The molecule has 7 nitrogen and oxygen atoms in total. The number of thiazole rings is 1. The fraction of sp³-hybridized carbons (Fsp3) is 0.167. The Labute approximate surface area is 126 Å². The number of nitrogens with one attached hydrogen (secondary N) is 1. The Morgan fingerprint density at radius 1 is 1.43 bits per heavy atom. The van der Waals surface area contributed by atoms with Crippen LogP contribution in [0.15, 0.2) is 39.8 Å². The topological polar surface area (TPSA) is 118 Å². The second-order valence-electron chi connectivity index (χ2n) is 4.21. The van der Waals surface area contributed by atoms with E-state index in [2.05, 4.69) is 14.9 Å². The second kappa shape index (κ2) is 6.20. The lowest BCUT2D eigenvalue weighted by atomic mass is 10.1. The van der Waals surface area contributed by atoms with E-state index in [0.717, 1.165) is 16.9 Å². The van der Waals surface area contributed by atoms with Crippen molar-refractivity contribution >= 4 is 27.2 Å². The van der Waals surface area contributed by atoms with Crippen LogP contribution in [0.2, 0.25) is 0 Å². The molecule has 1 heterocycles. The van der Waals surface area contributed by atoms with Gasteiger partial charge in [0.05, 0.1) is 11.2 Å². The predicted molar refractivity (Wildman–Crippen MR) is 79.8 cm³/mol. The Morgan fingerprint density at radius 3 is 2.62 bits per heavy atom. The molecule has 0 amide bonds. The van der Waals surface area contributed by atoms with E-state index in [4.69, 9.17) is 10.9 Å². The van der Waals surface area contributed by atoms with Gasteiger partial charge >= 0.3 is 0 Å². The van der Waals surface area contributed by atoms with Gasteiger partial charge in [0.2, 0.25) is 0 Å². The molecule has 9 heteroatoms. The van der Waals surface area contributed by atoms with Crippen LogP contribution in [0.1, 0.15) is 16.1 Å². The lowest BCUT2D eigenvalue weighted by Gasteiger charge is -2.05. The Balaban J connectivity index is 2.06. The van der Waals surface area contributed by atoms with Gasteiger partial charge in [-0.2, -0.15) is 0 Å². The highest BCUT2D eigenvalue weighted by molar-refractivity contribution is 7.91. The van der Waals surface area contributed by atoms with E-state index in [1.165, 1.54) is 6.20 Å². The number of nitrogens with two attached hydrogens (primary N) is 1. The number of hydrogen-bond donors (Lipinski definition) is 3. The molecule has 0 spiro atoms. The summed E-state index contributed by atoms with van der Waals surface area (Å²) in [6.45, 7) is 1.89. The molecule has 1 aromatic heterocycles. The highest BCUT2D eigenvalue weighted by Crippen LogP contribution is 2.17. The number of rotatable bonds is 5. The van der Waals surface area contributed by atoms with Crippen LogP contribution in [0, 0.1) is 6.92 Å². The van der Waals surface area contributed by atoms with Crippen molar-refractivity contribution < 1.29 is 13.6 Å². The van der Waals surface area contributed by atoms with Crippen molar-refractivity contribution in [2.45, 2.75) is 17.7 Å². The summed E-state index contributed by atoms with van der Waals surface area (Å²) in [7, 11) is -3.55. The van der Waals surface area contributed by atoms with Crippen molar-refractivity contribution in [1.29, 1.82) is 0 Å². The van der Waals surface area contributed by atoms with Crippen molar-refractivity contribution in [3.63, 3.8) is 0 Å². The highest BCUT2D eigenvalue weighted by atomic mass is 32.2. The molecule has 0 saturated carbocycles. The standard InChI is InChI=1S/C12H14N4O3S2/c1-8-14-7-11(20-8)21(18,19)15-6-9-2-4-10(5-3-9)12(13)16-17/h2-5,7,15,17H,6H2,1H3,(H2,13,16). The molecular weight excluding hydrogens is 312 g/mol. The van der Waals surface area contributed by atoms with Crippen molar-refractivity contribution in [1.82, 2.24) is 9.71 Å². The van der Waals surface area contributed by atoms with Crippen LogP contribution in [-0.4, -0.2) is 24.4 Å². The molecule has 0 aliphatic rings. The molecule has 0 aliphatic heterocycles. The van der Waals surface area contributed by atoms with E-state index in [1.54, 1.807) is 31.2 Å². The summed E-state index contributed by atoms with van der Waals surface area (Å²) in [5.74, 6) is 0.00210. The summed E-state index contributed by atoms with van der Waals surface area (Å²) < 4.78 is 26.7. The quantitative estimate of drug-likeness (QED) is 0.328. The number of sulfonamides is 1. The number of aryl methyl sites for hydroxylation is 1. The fourth-order valence-corrected chi connectivity index (χ4v) is 3.74. The number of amidine groups is 1. The summed E-state index contributed by atoms with van der Waals surface area (Å²) in [4.78, 5) is 3.93. The first-order valence-electron chi connectivity index (χ1n) is 5.91. The summed E-state index contributed by atoms with van der Waals surface area (Å²) in [6, 6.07) is 6.70. The minimum atomic E-state index is -3.55. The molecule has 21 heavy (non-hydrogen) atoms. The van der Waals surface area contributed by atoms with Crippen LogP contribution in [0.3, 0.4) is 0 Å². The van der Waals surface area contributed by atoms with Crippen LogP contribution >= 0.6 is 11.3 Å². The molecule has 0 radical (unpaired) electrons. The maximum absolute atomic E-state index is 12.0. The molecule has 0 bridgehead atoms. The second-order valence-corrected chi connectivity index (χ2v) is 7.43. The van der Waals surface area contributed by atoms with Gasteiger partial charge in [-0.25, -0.2) is 18.1 Å². The van der Waals surface area contributed by atoms with E-state index < -0.39 is 10.0 Å². The van der Waals surface area contributed by atoms with Crippen molar-refractivity contribution in [3.8, 4) is 0 Å². The molecule has 0 atom stereocenters. The SMILES string of the molecule is Cc1ncc(S(=O)(=O)NCc2ccc(/C(N)=N/O)cc2)s1. The Bertz CT molecular complexity index is 751. The average Bonchev–Trinajstić information content (AvgIpc) is 2.92. The van der Waals surface area contributed by atoms with Gasteiger partial charge in [-0.05, 0) is 12.5 Å². The number of hydrogen-bond acceptors (Lipinski definition) is 6. The zero-order valence-electron chi connectivity index (χ0n) is 11.1. The molecule has 2 aromatic rings. The third-order valence-corrected chi connectivity index (χ3v) is 5.46. The van der Waals surface area contributed by atoms with Gasteiger partial charge in [0.15, 0.2) is 10.0 Å². The summed E-state index contributed by atoms with van der Waals surface area (Å²) in [5.41, 5.74) is 6.76. The third-order valence-electron chi connectivity index (χ3n) is 2.69. The molecule has 1 aromatic carbocycles. The highest BCUT2D eigenvalue weighted by Gasteiger charge is 2.16. The Morgan fingerprint density at radius 2 is 2.10 bits per heavy atom. The number of nitrogens with zero attached hydrogens (tertiary/aromatic N) is 2. The van der Waals surface area contributed by atoms with E-state index >= 15 is 0 Å². The summed E-state index contributed by atoms with van der Waals surface area (Å²) >= 11 is 1.12. The van der Waals surface area contributed by atoms with Crippen molar-refractivity contribution in [2.75, 3.05) is 0 Å².